The van der Waals surface area contributed by atoms with E-state index in [9.17, 15) is 0 Å². The molecule has 0 fully saturated rings. The van der Waals surface area contributed by atoms with Crippen molar-refractivity contribution in [2.45, 2.75) is 12.5 Å². The zero-order valence-corrected chi connectivity index (χ0v) is 43.0. The number of aromatic nitrogens is 5. The first-order valence-corrected chi connectivity index (χ1v) is 7.28. The SMILES string of the molecule is N#CC[C@H](c1ccc[cH-]1)n1cc(-c2ncnc3[nH]ccc23)cn1.[Y].[Y].[Y].[Y].[Y].[Y].[Y].[Y].[Y]. The van der Waals surface area contributed by atoms with Crippen LogP contribution in [-0.4, -0.2) is 24.7 Å². The molecule has 0 amide bonds. The van der Waals surface area contributed by atoms with Crippen LogP contribution in [0.15, 0.2) is 55.2 Å². The molecule has 4 rings (SSSR count). The minimum atomic E-state index is -0.0905. The third-order valence-corrected chi connectivity index (χ3v) is 3.91. The van der Waals surface area contributed by atoms with E-state index in [0.717, 1.165) is 27.9 Å². The zero-order valence-electron chi connectivity index (χ0n) is 17.4. The van der Waals surface area contributed by atoms with Gasteiger partial charge in [-0.2, -0.15) is 22.5 Å². The molecule has 1 aromatic carbocycles. The van der Waals surface area contributed by atoms with Crippen LogP contribution in [0.3, 0.4) is 0 Å². The van der Waals surface area contributed by atoms with Crippen molar-refractivity contribution in [3.63, 3.8) is 0 Å². The van der Waals surface area contributed by atoms with Crippen molar-refractivity contribution in [2.75, 3.05) is 0 Å². The number of nitrogens with zero attached hydrogens (tertiary/aromatic N) is 5. The molecule has 0 aliphatic heterocycles. The van der Waals surface area contributed by atoms with E-state index in [2.05, 4.69) is 26.1 Å². The van der Waals surface area contributed by atoms with Gasteiger partial charge in [-0.25, -0.2) is 22.1 Å². The molecule has 1 N–H and O–H groups in total. The average Bonchev–Trinajstić information content (AvgIpc) is 3.32. The van der Waals surface area contributed by atoms with Gasteiger partial charge in [-0.1, -0.05) is 0 Å². The average molecular weight is 1100 g/mol. The zero-order chi connectivity index (χ0) is 15.6. The van der Waals surface area contributed by atoms with E-state index in [1.54, 1.807) is 6.20 Å². The Morgan fingerprint density at radius 3 is 2.28 bits per heavy atom. The second kappa shape index (κ2) is 27.8. The predicted octanol–water partition coefficient (Wildman–Crippen LogP) is 3.02. The summed E-state index contributed by atoms with van der Waals surface area (Å²) in [7, 11) is 0. The summed E-state index contributed by atoms with van der Waals surface area (Å²) in [5, 5.41) is 14.5. The number of nitriles is 1. The molecule has 4 aromatic rings. The van der Waals surface area contributed by atoms with Crippen LogP contribution in [0.5, 0.6) is 0 Å². The molecule has 0 bridgehead atoms. The molecule has 15 heteroatoms. The van der Waals surface area contributed by atoms with Gasteiger partial charge in [0, 0.05) is 318 Å². The van der Waals surface area contributed by atoms with Crippen LogP contribution in [0.1, 0.15) is 18.0 Å². The molecule has 9 radical (unpaired) electrons. The molecular formula is C17H13N6Y9-. The second-order valence-electron chi connectivity index (χ2n) is 5.27. The van der Waals surface area contributed by atoms with Crippen LogP contribution >= 0.6 is 0 Å². The first-order chi connectivity index (χ1) is 11.4. The summed E-state index contributed by atoms with van der Waals surface area (Å²) in [5.74, 6) is 0. The van der Waals surface area contributed by atoms with Crippen LogP contribution in [0, 0.1) is 11.3 Å². The van der Waals surface area contributed by atoms with Crippen molar-refractivity contribution >= 4 is 11.0 Å². The fourth-order valence-electron chi connectivity index (χ4n) is 2.79. The predicted molar refractivity (Wildman–Crippen MR) is 85.5 cm³/mol. The first-order valence-electron chi connectivity index (χ1n) is 7.28. The minimum absolute atomic E-state index is 0. The van der Waals surface area contributed by atoms with E-state index < -0.39 is 0 Å². The maximum Gasteiger partial charge on any atom is 0.141 e. The smallest absolute Gasteiger partial charge is 0.141 e. The maximum atomic E-state index is 9.12. The standard InChI is InChI=1S/C17H13N6.9Y/c18-7-5-15(12-3-1-2-4-12)23-10-13(9-22-23)16-14-6-8-19-17(14)21-11-20-16;;;;;;;;;/h1-4,6,8-11,15H,5H2,(H,19,20,21);;;;;;;;;/q-1;;;;;;;;;/t15-;;;;;;;;;/m1........./s1. The van der Waals surface area contributed by atoms with E-state index >= 15 is 0 Å². The molecule has 3 heterocycles. The van der Waals surface area contributed by atoms with E-state index in [1.807, 2.05) is 47.4 Å². The molecule has 0 aliphatic carbocycles. The summed E-state index contributed by atoms with van der Waals surface area (Å²) >= 11 is 0. The molecule has 139 valence electrons. The van der Waals surface area contributed by atoms with E-state index in [-0.39, 0.29) is 300 Å². The number of nitrogens with one attached hydrogen (secondary N) is 1. The summed E-state index contributed by atoms with van der Waals surface area (Å²) in [5.41, 5.74) is 3.62. The van der Waals surface area contributed by atoms with Crippen LogP contribution < -0.4 is 0 Å². The molecule has 3 aromatic heterocycles. The molecule has 0 aliphatic rings. The summed E-state index contributed by atoms with van der Waals surface area (Å²) < 4.78 is 1.83. The summed E-state index contributed by atoms with van der Waals surface area (Å²) in [6.45, 7) is 0. The maximum absolute atomic E-state index is 9.12. The Hall–Kier alpha value is 6.61. The number of hydrogen-bond acceptors (Lipinski definition) is 4. The van der Waals surface area contributed by atoms with Crippen molar-refractivity contribution in [3.05, 3.63) is 60.8 Å². The van der Waals surface area contributed by atoms with Crippen LogP contribution in [0.4, 0.5) is 0 Å². The van der Waals surface area contributed by atoms with Crippen molar-refractivity contribution < 1.29 is 294 Å². The van der Waals surface area contributed by atoms with Crippen molar-refractivity contribution in [1.82, 2.24) is 24.7 Å². The van der Waals surface area contributed by atoms with E-state index in [1.165, 1.54) is 6.33 Å². The van der Waals surface area contributed by atoms with Gasteiger partial charge in [0.15, 0.2) is 0 Å². The van der Waals surface area contributed by atoms with Gasteiger partial charge in [0.05, 0.1) is 30.4 Å². The molecule has 0 spiro atoms. The van der Waals surface area contributed by atoms with Gasteiger partial charge in [0.2, 0.25) is 0 Å². The first kappa shape index (κ1) is 51.4. The Labute approximate surface area is 414 Å². The number of rotatable bonds is 4. The van der Waals surface area contributed by atoms with E-state index in [0.29, 0.717) is 6.42 Å². The van der Waals surface area contributed by atoms with Crippen molar-refractivity contribution in [1.29, 1.82) is 5.26 Å². The largest absolute Gasteiger partial charge is 0.346 e. The Balaban J connectivity index is -0.000000188. The molecule has 6 nitrogen and oxygen atoms in total. The minimum Gasteiger partial charge on any atom is -0.346 e. The molecular weight excluding hydrogens is 1090 g/mol. The van der Waals surface area contributed by atoms with Crippen LogP contribution in [0.2, 0.25) is 0 Å². The third kappa shape index (κ3) is 14.0. The van der Waals surface area contributed by atoms with Crippen LogP contribution in [-0.2, 0) is 294 Å². The van der Waals surface area contributed by atoms with Gasteiger partial charge in [0.25, 0.3) is 0 Å². The normalized spacial score (nSPS) is 8.84. The van der Waals surface area contributed by atoms with Gasteiger partial charge in [-0.3, -0.25) is 4.68 Å². The van der Waals surface area contributed by atoms with Gasteiger partial charge in [-0.05, 0) is 6.07 Å². The fraction of sp³-hybridized carbons (Fsp3) is 0.118. The topological polar surface area (TPSA) is 83.2 Å². The van der Waals surface area contributed by atoms with Gasteiger partial charge in [0.1, 0.15) is 12.0 Å². The Kier molecular flexibility index (Phi) is 44.5. The Bertz CT molecular complexity index is 997. The van der Waals surface area contributed by atoms with Crippen LogP contribution in [0.25, 0.3) is 22.3 Å². The Morgan fingerprint density at radius 1 is 1.00 bits per heavy atom. The van der Waals surface area contributed by atoms with E-state index in [4.69, 9.17) is 5.26 Å². The molecule has 32 heavy (non-hydrogen) atoms. The van der Waals surface area contributed by atoms with Crippen molar-refractivity contribution in [3.8, 4) is 17.3 Å². The summed E-state index contributed by atoms with van der Waals surface area (Å²) in [4.78, 5) is 11.7. The van der Waals surface area contributed by atoms with Crippen molar-refractivity contribution in [2.24, 2.45) is 0 Å². The number of aromatic amines is 1. The number of fused-ring (bicyclic) bond motifs is 1. The summed E-state index contributed by atoms with van der Waals surface area (Å²) in [6, 6.07) is 12.1. The molecule has 0 unspecified atom stereocenters. The fourth-order valence-corrected chi connectivity index (χ4v) is 2.79. The van der Waals surface area contributed by atoms with Gasteiger partial charge >= 0.3 is 0 Å². The third-order valence-electron chi connectivity index (χ3n) is 3.91. The monoisotopic (exact) mass is 1100 g/mol. The molecule has 0 saturated carbocycles. The Morgan fingerprint density at radius 2 is 1.69 bits per heavy atom. The summed E-state index contributed by atoms with van der Waals surface area (Å²) in [6.07, 6.45) is 7.46. The van der Waals surface area contributed by atoms with Gasteiger partial charge in [-0.15, -0.1) is 5.56 Å². The number of hydrogen-bond donors (Lipinski definition) is 1. The number of H-pyrrole nitrogens is 1. The molecule has 0 saturated heterocycles. The quantitative estimate of drug-likeness (QED) is 0.319. The van der Waals surface area contributed by atoms with Gasteiger partial charge < -0.3 is 4.98 Å². The molecule has 1 atom stereocenters. The second-order valence-corrected chi connectivity index (χ2v) is 5.27.